The van der Waals surface area contributed by atoms with E-state index in [9.17, 15) is 14.7 Å². The van der Waals surface area contributed by atoms with Gasteiger partial charge < -0.3 is 20.2 Å². The summed E-state index contributed by atoms with van der Waals surface area (Å²) in [5, 5.41) is 23.6. The maximum absolute atomic E-state index is 13.1. The zero-order valence-electron chi connectivity index (χ0n) is 18.4. The second kappa shape index (κ2) is 9.00. The minimum Gasteiger partial charge on any atom is -0.507 e. The number of aromatic amines is 1. The van der Waals surface area contributed by atoms with Gasteiger partial charge in [-0.3, -0.25) is 14.7 Å². The van der Waals surface area contributed by atoms with Crippen LogP contribution in [0.4, 0.5) is 11.4 Å². The maximum Gasteiger partial charge on any atom is 0.293 e. The number of amides is 2. The van der Waals surface area contributed by atoms with Crippen molar-refractivity contribution in [3.63, 3.8) is 0 Å². The predicted octanol–water partition coefficient (Wildman–Crippen LogP) is 5.99. The number of phenols is 1. The molecule has 0 aliphatic heterocycles. The van der Waals surface area contributed by atoms with Gasteiger partial charge in [-0.2, -0.15) is 5.10 Å². The van der Waals surface area contributed by atoms with E-state index in [0.29, 0.717) is 32.9 Å². The van der Waals surface area contributed by atoms with E-state index >= 15 is 0 Å². The highest BCUT2D eigenvalue weighted by atomic mass is 35.5. The van der Waals surface area contributed by atoms with Crippen LogP contribution in [0, 0.1) is 6.92 Å². The largest absolute Gasteiger partial charge is 0.507 e. The Labute approximate surface area is 204 Å². The van der Waals surface area contributed by atoms with Gasteiger partial charge in [0.1, 0.15) is 22.7 Å². The number of aryl methyl sites for hydroxylation is 1. The van der Waals surface area contributed by atoms with Gasteiger partial charge in [-0.1, -0.05) is 35.4 Å². The third kappa shape index (κ3) is 4.47. The normalized spacial score (nSPS) is 10.9. The number of nitrogens with zero attached hydrogens (tertiary/aromatic N) is 1. The average Bonchev–Trinajstić information content (AvgIpc) is 3.48. The molecule has 174 valence electrons. The Bertz CT molecular complexity index is 1570. The topological polar surface area (TPSA) is 120 Å². The lowest BCUT2D eigenvalue weighted by atomic mass is 10.1. The number of aromatic hydroxyl groups is 1. The number of benzene rings is 3. The molecule has 35 heavy (non-hydrogen) atoms. The summed E-state index contributed by atoms with van der Waals surface area (Å²) in [4.78, 5) is 26.1. The number of hydrogen-bond acceptors (Lipinski definition) is 5. The van der Waals surface area contributed by atoms with Crippen LogP contribution < -0.4 is 10.6 Å². The van der Waals surface area contributed by atoms with E-state index < -0.39 is 11.8 Å². The van der Waals surface area contributed by atoms with Gasteiger partial charge in [0.15, 0.2) is 0 Å². The molecule has 0 radical (unpaired) electrons. The molecule has 0 unspecified atom stereocenters. The molecule has 5 aromatic rings. The summed E-state index contributed by atoms with van der Waals surface area (Å²) in [6, 6.07) is 20.3. The minimum atomic E-state index is -0.534. The smallest absolute Gasteiger partial charge is 0.293 e. The number of aromatic nitrogens is 2. The highest BCUT2D eigenvalue weighted by Crippen LogP contribution is 2.33. The number of para-hydroxylation sites is 1. The molecule has 0 aliphatic rings. The summed E-state index contributed by atoms with van der Waals surface area (Å²) >= 11 is 5.92. The van der Waals surface area contributed by atoms with Crippen LogP contribution in [0.2, 0.25) is 5.02 Å². The van der Waals surface area contributed by atoms with Gasteiger partial charge in [0, 0.05) is 21.7 Å². The van der Waals surface area contributed by atoms with E-state index in [4.69, 9.17) is 16.0 Å². The lowest BCUT2D eigenvalue weighted by Crippen LogP contribution is -2.17. The quantitative estimate of drug-likeness (QED) is 0.243. The molecule has 2 heterocycles. The first kappa shape index (κ1) is 22.2. The third-order valence-electron chi connectivity index (χ3n) is 5.39. The van der Waals surface area contributed by atoms with Crippen molar-refractivity contribution in [2.45, 2.75) is 6.92 Å². The van der Waals surface area contributed by atoms with Crippen LogP contribution in [0.5, 0.6) is 5.75 Å². The number of nitrogens with one attached hydrogen (secondary N) is 3. The number of hydrogen-bond donors (Lipinski definition) is 4. The summed E-state index contributed by atoms with van der Waals surface area (Å²) in [7, 11) is 0. The molecule has 0 fully saturated rings. The van der Waals surface area contributed by atoms with Gasteiger partial charge in [0.25, 0.3) is 11.8 Å². The molecule has 0 bridgehead atoms. The minimum absolute atomic E-state index is 0.0504. The lowest BCUT2D eigenvalue weighted by Gasteiger charge is -2.07. The summed E-state index contributed by atoms with van der Waals surface area (Å²) in [6.07, 6.45) is 0. The predicted molar refractivity (Wildman–Crippen MR) is 134 cm³/mol. The van der Waals surface area contributed by atoms with E-state index in [2.05, 4.69) is 20.8 Å². The van der Waals surface area contributed by atoms with Crippen molar-refractivity contribution in [3.05, 3.63) is 94.8 Å². The molecule has 0 atom stereocenters. The molecule has 9 heteroatoms. The van der Waals surface area contributed by atoms with Crippen molar-refractivity contribution in [2.24, 2.45) is 0 Å². The Morgan fingerprint density at radius 3 is 2.54 bits per heavy atom. The number of rotatable bonds is 5. The van der Waals surface area contributed by atoms with E-state index in [1.807, 2.05) is 6.92 Å². The Kier molecular flexibility index (Phi) is 5.72. The summed E-state index contributed by atoms with van der Waals surface area (Å²) in [6.45, 7) is 1.89. The van der Waals surface area contributed by atoms with Crippen LogP contribution in [0.25, 0.3) is 22.2 Å². The highest BCUT2D eigenvalue weighted by molar-refractivity contribution is 6.30. The van der Waals surface area contributed by atoms with E-state index in [0.717, 1.165) is 5.56 Å². The fourth-order valence-electron chi connectivity index (χ4n) is 3.66. The molecule has 3 aromatic carbocycles. The average molecular weight is 487 g/mol. The number of H-pyrrole nitrogens is 1. The van der Waals surface area contributed by atoms with E-state index in [-0.39, 0.29) is 22.9 Å². The number of carbonyl (C=O) groups is 2. The molecular weight excluding hydrogens is 468 g/mol. The Hall–Kier alpha value is -4.56. The first-order valence-corrected chi connectivity index (χ1v) is 11.0. The Balaban J connectivity index is 1.45. The van der Waals surface area contributed by atoms with Crippen LogP contribution in [-0.4, -0.2) is 27.1 Å². The SMILES string of the molecule is Cc1ccc(O)c(-c2cc(C(=O)Nc3c(C(=O)Nc4ccc(Cl)cc4)oc4ccccc34)[nH]n2)c1. The second-order valence-corrected chi connectivity index (χ2v) is 8.34. The second-order valence-electron chi connectivity index (χ2n) is 7.90. The fraction of sp³-hybridized carbons (Fsp3) is 0.0385. The van der Waals surface area contributed by atoms with Crippen LogP contribution in [0.1, 0.15) is 26.6 Å². The van der Waals surface area contributed by atoms with Crippen molar-refractivity contribution in [2.75, 3.05) is 10.6 Å². The number of halogens is 1. The highest BCUT2D eigenvalue weighted by Gasteiger charge is 2.24. The summed E-state index contributed by atoms with van der Waals surface area (Å²) < 4.78 is 5.79. The van der Waals surface area contributed by atoms with Crippen LogP contribution in [0.3, 0.4) is 0 Å². The Morgan fingerprint density at radius 2 is 1.74 bits per heavy atom. The van der Waals surface area contributed by atoms with Gasteiger partial charge >= 0.3 is 0 Å². The van der Waals surface area contributed by atoms with E-state index in [1.165, 1.54) is 6.07 Å². The lowest BCUT2D eigenvalue weighted by molar-refractivity contribution is 0.0999. The van der Waals surface area contributed by atoms with Crippen molar-refractivity contribution >= 4 is 45.8 Å². The first-order chi connectivity index (χ1) is 16.9. The van der Waals surface area contributed by atoms with Crippen molar-refractivity contribution in [3.8, 4) is 17.0 Å². The fourth-order valence-corrected chi connectivity index (χ4v) is 3.79. The van der Waals surface area contributed by atoms with Crippen LogP contribution in [0.15, 0.2) is 77.2 Å². The summed E-state index contributed by atoms with van der Waals surface area (Å²) in [5.41, 5.74) is 3.19. The number of phenolic OH excluding ortho intramolecular Hbond substituents is 1. The zero-order valence-corrected chi connectivity index (χ0v) is 19.2. The third-order valence-corrected chi connectivity index (χ3v) is 5.64. The molecule has 4 N–H and O–H groups in total. The van der Waals surface area contributed by atoms with Crippen molar-refractivity contribution in [1.82, 2.24) is 10.2 Å². The van der Waals surface area contributed by atoms with Crippen LogP contribution >= 0.6 is 11.6 Å². The number of anilines is 2. The molecule has 0 aliphatic carbocycles. The van der Waals surface area contributed by atoms with E-state index in [1.54, 1.807) is 66.7 Å². The monoisotopic (exact) mass is 486 g/mol. The van der Waals surface area contributed by atoms with Gasteiger partial charge in [0.05, 0.1) is 5.69 Å². The first-order valence-electron chi connectivity index (χ1n) is 10.6. The molecule has 2 amide bonds. The number of fused-ring (bicyclic) bond motifs is 1. The van der Waals surface area contributed by atoms with Gasteiger partial charge in [0.2, 0.25) is 5.76 Å². The Morgan fingerprint density at radius 1 is 0.971 bits per heavy atom. The molecule has 2 aromatic heterocycles. The number of furan rings is 1. The molecular formula is C26H19ClN4O4. The molecule has 0 saturated heterocycles. The van der Waals surface area contributed by atoms with Crippen molar-refractivity contribution < 1.29 is 19.1 Å². The molecule has 0 spiro atoms. The zero-order chi connectivity index (χ0) is 24.5. The van der Waals surface area contributed by atoms with Gasteiger partial charge in [-0.15, -0.1) is 0 Å². The maximum atomic E-state index is 13.1. The molecule has 0 saturated carbocycles. The van der Waals surface area contributed by atoms with Crippen LogP contribution in [-0.2, 0) is 0 Å². The standard InChI is InChI=1S/C26H19ClN4O4/c1-14-6-11-21(32)18(12-14)19-13-20(31-30-19)25(33)29-23-17-4-2-3-5-22(17)35-24(23)26(34)28-16-9-7-15(27)8-10-16/h2-13,32H,1H3,(H,28,34)(H,29,33)(H,30,31). The van der Waals surface area contributed by atoms with Gasteiger partial charge in [-0.25, -0.2) is 0 Å². The van der Waals surface area contributed by atoms with Gasteiger partial charge in [-0.05, 0) is 61.5 Å². The molecule has 5 rings (SSSR count). The molecule has 8 nitrogen and oxygen atoms in total. The van der Waals surface area contributed by atoms with Crippen molar-refractivity contribution in [1.29, 1.82) is 0 Å². The summed E-state index contributed by atoms with van der Waals surface area (Å²) in [5.74, 6) is -1.06. The number of carbonyl (C=O) groups excluding carboxylic acids is 2.